The maximum atomic E-state index is 5.46. The first-order valence-corrected chi connectivity index (χ1v) is 4.72. The molecule has 78 valence electrons. The Kier molecular flexibility index (Phi) is 4.66. The zero-order valence-corrected chi connectivity index (χ0v) is 8.58. The summed E-state index contributed by atoms with van der Waals surface area (Å²) in [7, 11) is 3.39. The molecule has 0 saturated carbocycles. The van der Waals surface area contributed by atoms with Crippen LogP contribution >= 0.6 is 0 Å². The molecule has 1 heterocycles. The van der Waals surface area contributed by atoms with Gasteiger partial charge in [0.25, 0.3) is 0 Å². The Morgan fingerprint density at radius 1 is 1.38 bits per heavy atom. The molecule has 1 aliphatic heterocycles. The van der Waals surface area contributed by atoms with Crippen molar-refractivity contribution in [1.82, 2.24) is 5.32 Å². The summed E-state index contributed by atoms with van der Waals surface area (Å²) in [5.41, 5.74) is 0. The molecule has 4 heteroatoms. The van der Waals surface area contributed by atoms with E-state index in [1.807, 2.05) is 0 Å². The van der Waals surface area contributed by atoms with Gasteiger partial charge in [0.1, 0.15) is 0 Å². The van der Waals surface area contributed by atoms with Gasteiger partial charge < -0.3 is 19.5 Å². The van der Waals surface area contributed by atoms with Gasteiger partial charge in [0.15, 0.2) is 6.29 Å². The molecular weight excluding hydrogens is 170 g/mol. The van der Waals surface area contributed by atoms with E-state index in [0.29, 0.717) is 12.6 Å². The molecule has 0 spiro atoms. The molecule has 0 aromatic heterocycles. The molecule has 0 radical (unpaired) electrons. The summed E-state index contributed by atoms with van der Waals surface area (Å²) in [6.45, 7) is 3.67. The van der Waals surface area contributed by atoms with Crippen LogP contribution in [0.25, 0.3) is 0 Å². The average Bonchev–Trinajstić information content (AvgIpc) is 2.19. The number of hydrogen-bond donors (Lipinski definition) is 1. The van der Waals surface area contributed by atoms with Crippen LogP contribution in [0.3, 0.4) is 0 Å². The highest BCUT2D eigenvalue weighted by atomic mass is 16.7. The minimum absolute atomic E-state index is 0.111. The zero-order chi connectivity index (χ0) is 9.68. The van der Waals surface area contributed by atoms with Crippen LogP contribution in [-0.4, -0.2) is 45.8 Å². The van der Waals surface area contributed by atoms with Gasteiger partial charge in [0, 0.05) is 20.6 Å². The third-order valence-corrected chi connectivity index (χ3v) is 2.37. The second kappa shape index (κ2) is 5.54. The van der Waals surface area contributed by atoms with Gasteiger partial charge in [-0.25, -0.2) is 0 Å². The maximum Gasteiger partial charge on any atom is 0.159 e. The van der Waals surface area contributed by atoms with E-state index in [0.717, 1.165) is 13.0 Å². The minimum atomic E-state index is -0.111. The first kappa shape index (κ1) is 10.9. The SMILES string of the molecule is CCN[C@H]1CO[C@@H](OC)C[C@@H]1OC. The summed E-state index contributed by atoms with van der Waals surface area (Å²) in [4.78, 5) is 0. The lowest BCUT2D eigenvalue weighted by molar-refractivity contribution is -0.185. The fourth-order valence-corrected chi connectivity index (χ4v) is 1.62. The van der Waals surface area contributed by atoms with E-state index in [1.165, 1.54) is 0 Å². The average molecular weight is 189 g/mol. The Morgan fingerprint density at radius 2 is 2.15 bits per heavy atom. The highest BCUT2D eigenvalue weighted by molar-refractivity contribution is 4.81. The van der Waals surface area contributed by atoms with Gasteiger partial charge in [-0.2, -0.15) is 0 Å². The smallest absolute Gasteiger partial charge is 0.159 e. The molecule has 1 fully saturated rings. The summed E-state index contributed by atoms with van der Waals surface area (Å²) in [5, 5.41) is 3.32. The van der Waals surface area contributed by atoms with E-state index < -0.39 is 0 Å². The van der Waals surface area contributed by atoms with Gasteiger partial charge in [-0.15, -0.1) is 0 Å². The Labute approximate surface area is 79.5 Å². The lowest BCUT2D eigenvalue weighted by Crippen LogP contribution is -2.50. The minimum Gasteiger partial charge on any atom is -0.380 e. The van der Waals surface area contributed by atoms with Crippen molar-refractivity contribution in [1.29, 1.82) is 0 Å². The molecule has 1 rings (SSSR count). The van der Waals surface area contributed by atoms with E-state index in [9.17, 15) is 0 Å². The molecule has 4 nitrogen and oxygen atoms in total. The van der Waals surface area contributed by atoms with Crippen molar-refractivity contribution in [2.24, 2.45) is 0 Å². The standard InChI is InChI=1S/C9H19NO3/c1-4-10-7-6-13-9(12-3)5-8(7)11-2/h7-10H,4-6H2,1-3H3/t7-,8-,9+/m0/s1. The highest BCUT2D eigenvalue weighted by Crippen LogP contribution is 2.17. The molecule has 1 N–H and O–H groups in total. The molecule has 0 aromatic carbocycles. The van der Waals surface area contributed by atoms with Crippen molar-refractivity contribution >= 4 is 0 Å². The Hall–Kier alpha value is -0.160. The van der Waals surface area contributed by atoms with Crippen LogP contribution in [0.1, 0.15) is 13.3 Å². The van der Waals surface area contributed by atoms with Gasteiger partial charge in [-0.3, -0.25) is 0 Å². The van der Waals surface area contributed by atoms with Gasteiger partial charge >= 0.3 is 0 Å². The van der Waals surface area contributed by atoms with E-state index in [2.05, 4.69) is 12.2 Å². The zero-order valence-electron chi connectivity index (χ0n) is 8.58. The summed E-state index contributed by atoms with van der Waals surface area (Å²) in [5.74, 6) is 0. The number of hydrogen-bond acceptors (Lipinski definition) is 4. The van der Waals surface area contributed by atoms with Crippen LogP contribution < -0.4 is 5.32 Å². The predicted molar refractivity (Wildman–Crippen MR) is 49.6 cm³/mol. The topological polar surface area (TPSA) is 39.7 Å². The second-order valence-electron chi connectivity index (χ2n) is 3.17. The van der Waals surface area contributed by atoms with Crippen LogP contribution in [0.4, 0.5) is 0 Å². The van der Waals surface area contributed by atoms with Crippen LogP contribution in [-0.2, 0) is 14.2 Å². The van der Waals surface area contributed by atoms with E-state index >= 15 is 0 Å². The monoisotopic (exact) mass is 189 g/mol. The molecule has 0 amide bonds. The van der Waals surface area contributed by atoms with E-state index in [1.54, 1.807) is 14.2 Å². The largest absolute Gasteiger partial charge is 0.380 e. The Bertz CT molecular complexity index is 143. The Balaban J connectivity index is 2.40. The fraction of sp³-hybridized carbons (Fsp3) is 1.00. The number of methoxy groups -OCH3 is 2. The summed E-state index contributed by atoms with van der Waals surface area (Å²) >= 11 is 0. The third kappa shape index (κ3) is 2.91. The van der Waals surface area contributed by atoms with E-state index in [-0.39, 0.29) is 12.4 Å². The fourth-order valence-electron chi connectivity index (χ4n) is 1.62. The lowest BCUT2D eigenvalue weighted by Gasteiger charge is -2.34. The normalized spacial score (nSPS) is 34.8. The summed E-state index contributed by atoms with van der Waals surface area (Å²) < 4.78 is 15.9. The second-order valence-corrected chi connectivity index (χ2v) is 3.17. The van der Waals surface area contributed by atoms with Gasteiger partial charge in [-0.05, 0) is 6.54 Å². The molecular formula is C9H19NO3. The van der Waals surface area contributed by atoms with Crippen LogP contribution in [0.2, 0.25) is 0 Å². The third-order valence-electron chi connectivity index (χ3n) is 2.37. The molecule has 1 aliphatic rings. The molecule has 13 heavy (non-hydrogen) atoms. The summed E-state index contributed by atoms with van der Waals surface area (Å²) in [6.07, 6.45) is 0.878. The number of likely N-dealkylation sites (N-methyl/N-ethyl adjacent to an activating group) is 1. The molecule has 1 saturated heterocycles. The molecule has 0 aromatic rings. The van der Waals surface area contributed by atoms with Gasteiger partial charge in [-0.1, -0.05) is 6.92 Å². The first-order valence-electron chi connectivity index (χ1n) is 4.72. The highest BCUT2D eigenvalue weighted by Gasteiger charge is 2.30. The number of rotatable bonds is 4. The number of nitrogens with one attached hydrogen (secondary N) is 1. The maximum absolute atomic E-state index is 5.46. The van der Waals surface area contributed by atoms with Crippen molar-refractivity contribution in [3.8, 4) is 0 Å². The summed E-state index contributed by atoms with van der Waals surface area (Å²) in [6, 6.07) is 0.293. The van der Waals surface area contributed by atoms with E-state index in [4.69, 9.17) is 14.2 Å². The Morgan fingerprint density at radius 3 is 2.69 bits per heavy atom. The van der Waals surface area contributed by atoms with Gasteiger partial charge in [0.05, 0.1) is 18.8 Å². The lowest BCUT2D eigenvalue weighted by atomic mass is 10.1. The molecule has 0 bridgehead atoms. The van der Waals surface area contributed by atoms with Crippen molar-refractivity contribution in [3.63, 3.8) is 0 Å². The quantitative estimate of drug-likeness (QED) is 0.693. The molecule has 0 unspecified atom stereocenters. The van der Waals surface area contributed by atoms with Gasteiger partial charge in [0.2, 0.25) is 0 Å². The number of ether oxygens (including phenoxy) is 3. The van der Waals surface area contributed by atoms with Crippen LogP contribution in [0, 0.1) is 0 Å². The van der Waals surface area contributed by atoms with Crippen molar-refractivity contribution in [3.05, 3.63) is 0 Å². The van der Waals surface area contributed by atoms with Crippen molar-refractivity contribution in [2.45, 2.75) is 31.8 Å². The predicted octanol–water partition coefficient (Wildman–Crippen LogP) is 0.372. The molecule has 0 aliphatic carbocycles. The van der Waals surface area contributed by atoms with Crippen LogP contribution in [0.15, 0.2) is 0 Å². The van der Waals surface area contributed by atoms with Crippen molar-refractivity contribution in [2.75, 3.05) is 27.4 Å². The van der Waals surface area contributed by atoms with Crippen LogP contribution in [0.5, 0.6) is 0 Å². The molecule has 3 atom stereocenters. The van der Waals surface area contributed by atoms with Crippen molar-refractivity contribution < 1.29 is 14.2 Å². The first-order chi connectivity index (χ1) is 6.31.